The summed E-state index contributed by atoms with van der Waals surface area (Å²) in [4.78, 5) is 11.3. The maximum absolute atomic E-state index is 11.3. The van der Waals surface area contributed by atoms with Crippen LogP contribution in [0.4, 0.5) is 0 Å². The van der Waals surface area contributed by atoms with Gasteiger partial charge in [-0.3, -0.25) is 0 Å². The first-order valence-corrected chi connectivity index (χ1v) is 9.80. The normalized spacial score (nSPS) is 11.5. The van der Waals surface area contributed by atoms with Crippen LogP contribution in [0.15, 0.2) is 24.3 Å². The standard InChI is InChI=1S/C19H27Cl3O2/c1-24-18(23)19(21,22)15-9-7-5-3-2-4-6-8-10-16-11-13-17(20)14-12-16/h11-14H,2-10,15H2,1H3. The van der Waals surface area contributed by atoms with Crippen LogP contribution in [0.1, 0.15) is 63.4 Å². The second-order valence-electron chi connectivity index (χ2n) is 6.15. The zero-order valence-electron chi connectivity index (χ0n) is 14.3. The Morgan fingerprint density at radius 2 is 1.42 bits per heavy atom. The molecule has 2 nitrogen and oxygen atoms in total. The highest BCUT2D eigenvalue weighted by Crippen LogP contribution is 2.29. The minimum atomic E-state index is -1.39. The summed E-state index contributed by atoms with van der Waals surface area (Å²) >= 11 is 17.7. The SMILES string of the molecule is COC(=O)C(Cl)(Cl)CCCCCCCCCCc1ccc(Cl)cc1. The van der Waals surface area contributed by atoms with Crippen LogP contribution in [0.2, 0.25) is 5.02 Å². The summed E-state index contributed by atoms with van der Waals surface area (Å²) in [6, 6.07) is 8.11. The molecule has 0 atom stereocenters. The van der Waals surface area contributed by atoms with E-state index in [0.29, 0.717) is 6.42 Å². The summed E-state index contributed by atoms with van der Waals surface area (Å²) in [7, 11) is 1.30. The van der Waals surface area contributed by atoms with Gasteiger partial charge in [-0.1, -0.05) is 85.5 Å². The second kappa shape index (κ2) is 12.0. The summed E-state index contributed by atoms with van der Waals surface area (Å²) in [6.45, 7) is 0. The fraction of sp³-hybridized carbons (Fsp3) is 0.632. The van der Waals surface area contributed by atoms with Gasteiger partial charge in [-0.15, -0.1) is 0 Å². The molecule has 1 aromatic carbocycles. The molecule has 0 saturated carbocycles. The van der Waals surface area contributed by atoms with Crippen LogP contribution < -0.4 is 0 Å². The van der Waals surface area contributed by atoms with Crippen molar-refractivity contribution in [1.29, 1.82) is 0 Å². The predicted molar refractivity (Wildman–Crippen MR) is 103 cm³/mol. The molecule has 0 N–H and O–H groups in total. The van der Waals surface area contributed by atoms with Crippen molar-refractivity contribution in [3.05, 3.63) is 34.9 Å². The van der Waals surface area contributed by atoms with Crippen molar-refractivity contribution in [2.75, 3.05) is 7.11 Å². The topological polar surface area (TPSA) is 26.3 Å². The molecule has 0 unspecified atom stereocenters. The molecule has 1 rings (SSSR count). The first kappa shape index (κ1) is 21.6. The van der Waals surface area contributed by atoms with Gasteiger partial charge in [0.2, 0.25) is 4.33 Å². The first-order valence-electron chi connectivity index (χ1n) is 8.66. The fourth-order valence-electron chi connectivity index (χ4n) is 2.64. The Balaban J connectivity index is 1.94. The number of alkyl halides is 2. The third kappa shape index (κ3) is 9.15. The van der Waals surface area contributed by atoms with Crippen molar-refractivity contribution in [2.45, 2.75) is 68.5 Å². The molecule has 0 spiro atoms. The zero-order chi connectivity index (χ0) is 17.8. The number of hydrogen-bond donors (Lipinski definition) is 0. The predicted octanol–water partition coefficient (Wildman–Crippen LogP) is 6.74. The lowest BCUT2D eigenvalue weighted by Gasteiger charge is -2.15. The van der Waals surface area contributed by atoms with Crippen molar-refractivity contribution in [3.63, 3.8) is 0 Å². The molecule has 0 aliphatic rings. The van der Waals surface area contributed by atoms with Gasteiger partial charge in [0.05, 0.1) is 7.11 Å². The van der Waals surface area contributed by atoms with E-state index in [1.165, 1.54) is 44.8 Å². The van der Waals surface area contributed by atoms with Gasteiger partial charge in [0, 0.05) is 5.02 Å². The van der Waals surface area contributed by atoms with Crippen molar-refractivity contribution in [2.24, 2.45) is 0 Å². The Morgan fingerprint density at radius 3 is 1.96 bits per heavy atom. The van der Waals surface area contributed by atoms with Crippen LogP contribution in [0.3, 0.4) is 0 Å². The molecule has 0 saturated heterocycles. The number of methoxy groups -OCH3 is 1. The maximum Gasteiger partial charge on any atom is 0.342 e. The van der Waals surface area contributed by atoms with E-state index in [1.54, 1.807) is 0 Å². The van der Waals surface area contributed by atoms with Gasteiger partial charge in [0.25, 0.3) is 0 Å². The fourth-order valence-corrected chi connectivity index (χ4v) is 3.19. The summed E-state index contributed by atoms with van der Waals surface area (Å²) in [5, 5.41) is 0.797. The molecule has 0 radical (unpaired) electrons. The van der Waals surface area contributed by atoms with Gasteiger partial charge < -0.3 is 4.74 Å². The number of carbonyl (C=O) groups excluding carboxylic acids is 1. The van der Waals surface area contributed by atoms with Gasteiger partial charge in [0.15, 0.2) is 0 Å². The molecule has 136 valence electrons. The van der Waals surface area contributed by atoms with E-state index in [-0.39, 0.29) is 0 Å². The Hall–Kier alpha value is -0.440. The van der Waals surface area contributed by atoms with E-state index in [2.05, 4.69) is 16.9 Å². The summed E-state index contributed by atoms with van der Waals surface area (Å²) in [5.74, 6) is -0.563. The molecule has 5 heteroatoms. The lowest BCUT2D eigenvalue weighted by atomic mass is 10.0. The minimum absolute atomic E-state index is 0.448. The van der Waals surface area contributed by atoms with Gasteiger partial charge in [-0.25, -0.2) is 4.79 Å². The number of carbonyl (C=O) groups is 1. The van der Waals surface area contributed by atoms with E-state index in [9.17, 15) is 4.79 Å². The Bertz CT molecular complexity index is 472. The molecule has 0 heterocycles. The van der Waals surface area contributed by atoms with Crippen molar-refractivity contribution in [1.82, 2.24) is 0 Å². The average Bonchev–Trinajstić information content (AvgIpc) is 2.57. The molecular formula is C19H27Cl3O2. The smallest absolute Gasteiger partial charge is 0.342 e. The molecule has 0 aliphatic heterocycles. The number of ether oxygens (including phenoxy) is 1. The molecule has 0 aromatic heterocycles. The third-order valence-electron chi connectivity index (χ3n) is 4.10. The number of unbranched alkanes of at least 4 members (excludes halogenated alkanes) is 7. The van der Waals surface area contributed by atoms with Crippen molar-refractivity contribution in [3.8, 4) is 0 Å². The Labute approximate surface area is 160 Å². The summed E-state index contributed by atoms with van der Waals surface area (Å²) in [6.07, 6.45) is 10.8. The van der Waals surface area contributed by atoms with E-state index >= 15 is 0 Å². The molecule has 0 fully saturated rings. The monoisotopic (exact) mass is 392 g/mol. The molecule has 0 aliphatic carbocycles. The minimum Gasteiger partial charge on any atom is -0.467 e. The van der Waals surface area contributed by atoms with Crippen LogP contribution in [0.25, 0.3) is 0 Å². The molecule has 1 aromatic rings. The molecular weight excluding hydrogens is 367 g/mol. The first-order chi connectivity index (χ1) is 11.5. The number of hydrogen-bond acceptors (Lipinski definition) is 2. The van der Waals surface area contributed by atoms with Crippen molar-refractivity contribution < 1.29 is 9.53 Å². The highest BCUT2D eigenvalue weighted by atomic mass is 35.5. The van der Waals surface area contributed by atoms with Crippen LogP contribution in [-0.2, 0) is 16.0 Å². The number of benzene rings is 1. The lowest BCUT2D eigenvalue weighted by Crippen LogP contribution is -2.27. The van der Waals surface area contributed by atoms with E-state index in [1.807, 2.05) is 12.1 Å². The average molecular weight is 394 g/mol. The van der Waals surface area contributed by atoms with Crippen LogP contribution in [-0.4, -0.2) is 17.4 Å². The van der Waals surface area contributed by atoms with Crippen LogP contribution in [0.5, 0.6) is 0 Å². The summed E-state index contributed by atoms with van der Waals surface area (Å²) in [5.41, 5.74) is 1.36. The molecule has 24 heavy (non-hydrogen) atoms. The van der Waals surface area contributed by atoms with Crippen molar-refractivity contribution >= 4 is 40.8 Å². The van der Waals surface area contributed by atoms with Gasteiger partial charge in [0.1, 0.15) is 0 Å². The van der Waals surface area contributed by atoms with Gasteiger partial charge in [-0.05, 0) is 43.4 Å². The third-order valence-corrected chi connectivity index (χ3v) is 5.04. The zero-order valence-corrected chi connectivity index (χ0v) is 16.6. The largest absolute Gasteiger partial charge is 0.467 e. The van der Waals surface area contributed by atoms with E-state index in [0.717, 1.165) is 30.7 Å². The quantitative estimate of drug-likeness (QED) is 0.223. The van der Waals surface area contributed by atoms with Crippen LogP contribution in [0, 0.1) is 0 Å². The van der Waals surface area contributed by atoms with Gasteiger partial charge in [-0.2, -0.15) is 0 Å². The van der Waals surface area contributed by atoms with Gasteiger partial charge >= 0.3 is 5.97 Å². The number of rotatable bonds is 12. The molecule has 0 bridgehead atoms. The second-order valence-corrected chi connectivity index (χ2v) is 8.07. The Morgan fingerprint density at radius 1 is 0.917 bits per heavy atom. The van der Waals surface area contributed by atoms with E-state index < -0.39 is 10.3 Å². The van der Waals surface area contributed by atoms with Crippen LogP contribution >= 0.6 is 34.8 Å². The number of aryl methyl sites for hydroxylation is 1. The number of halogens is 3. The highest BCUT2D eigenvalue weighted by Gasteiger charge is 2.33. The maximum atomic E-state index is 11.3. The lowest BCUT2D eigenvalue weighted by molar-refractivity contribution is -0.141. The highest BCUT2D eigenvalue weighted by molar-refractivity contribution is 6.57. The summed E-state index contributed by atoms with van der Waals surface area (Å²) < 4.78 is 3.18. The van der Waals surface area contributed by atoms with E-state index in [4.69, 9.17) is 34.8 Å². The number of esters is 1. The molecule has 0 amide bonds. The Kier molecular flexibility index (Phi) is 10.8.